The van der Waals surface area contributed by atoms with E-state index in [2.05, 4.69) is 15.9 Å². The minimum atomic E-state index is -4.87. The van der Waals surface area contributed by atoms with Crippen LogP contribution < -0.4 is 0 Å². The first kappa shape index (κ1) is 12.4. The summed E-state index contributed by atoms with van der Waals surface area (Å²) in [6, 6.07) is 1.43. The Labute approximate surface area is 95.2 Å². The summed E-state index contributed by atoms with van der Waals surface area (Å²) in [6.45, 7) is 0. The molecule has 0 amide bonds. The van der Waals surface area contributed by atoms with Crippen LogP contribution in [0.25, 0.3) is 0 Å². The molecule has 0 N–H and O–H groups in total. The molecule has 1 aromatic carbocycles. The summed E-state index contributed by atoms with van der Waals surface area (Å²) in [4.78, 5) is 10.6. The molecule has 0 heterocycles. The Morgan fingerprint density at radius 3 is 2.27 bits per heavy atom. The second-order valence-corrected chi connectivity index (χ2v) is 3.85. The predicted octanol–water partition coefficient (Wildman–Crippen LogP) is 3.99. The van der Waals surface area contributed by atoms with Crippen molar-refractivity contribution in [2.45, 2.75) is 6.18 Å². The highest BCUT2D eigenvalue weighted by atomic mass is 79.9. The van der Waals surface area contributed by atoms with Gasteiger partial charge in [-0.15, -0.1) is 0 Å². The Morgan fingerprint density at radius 2 is 1.87 bits per heavy atom. The molecule has 0 aromatic heterocycles. The maximum atomic E-state index is 13.2. The lowest BCUT2D eigenvalue weighted by molar-refractivity contribution is -0.140. The molecular formula is C8H2BrClF4O. The average molecular weight is 305 g/mol. The van der Waals surface area contributed by atoms with Gasteiger partial charge in [-0.1, -0.05) is 15.9 Å². The molecule has 0 aliphatic carbocycles. The maximum absolute atomic E-state index is 13.2. The Hall–Kier alpha value is -0.620. The van der Waals surface area contributed by atoms with E-state index in [1.165, 1.54) is 0 Å². The molecule has 0 fully saturated rings. The zero-order valence-corrected chi connectivity index (χ0v) is 9.17. The summed E-state index contributed by atoms with van der Waals surface area (Å²) < 4.78 is 49.9. The normalized spacial score (nSPS) is 11.6. The van der Waals surface area contributed by atoms with Crippen LogP contribution in [0.2, 0.25) is 0 Å². The van der Waals surface area contributed by atoms with Crippen molar-refractivity contribution >= 4 is 32.8 Å². The Bertz CT molecular complexity index is 416. The maximum Gasteiger partial charge on any atom is 0.419 e. The van der Waals surface area contributed by atoms with Crippen LogP contribution in [0.1, 0.15) is 15.9 Å². The Morgan fingerprint density at radius 1 is 1.33 bits per heavy atom. The molecule has 1 aromatic rings. The summed E-state index contributed by atoms with van der Waals surface area (Å²) in [6.07, 6.45) is -4.87. The molecule has 82 valence electrons. The van der Waals surface area contributed by atoms with E-state index in [0.29, 0.717) is 6.07 Å². The third-order valence-corrected chi connectivity index (χ3v) is 2.22. The van der Waals surface area contributed by atoms with Crippen molar-refractivity contribution in [1.29, 1.82) is 0 Å². The average Bonchev–Trinajstić information content (AvgIpc) is 2.06. The lowest BCUT2D eigenvalue weighted by Crippen LogP contribution is -2.11. The molecular weight excluding hydrogens is 303 g/mol. The van der Waals surface area contributed by atoms with Crippen molar-refractivity contribution in [2.75, 3.05) is 0 Å². The highest BCUT2D eigenvalue weighted by Gasteiger charge is 2.36. The number of alkyl halides is 3. The molecule has 0 spiro atoms. The van der Waals surface area contributed by atoms with Crippen molar-refractivity contribution in [3.63, 3.8) is 0 Å². The first-order valence-corrected chi connectivity index (χ1v) is 4.66. The molecule has 7 heteroatoms. The summed E-state index contributed by atoms with van der Waals surface area (Å²) in [7, 11) is 0. The number of hydrogen-bond donors (Lipinski definition) is 0. The van der Waals surface area contributed by atoms with Crippen molar-refractivity contribution in [2.24, 2.45) is 0 Å². The minimum Gasteiger partial charge on any atom is -0.275 e. The van der Waals surface area contributed by atoms with Crippen LogP contribution in [0.3, 0.4) is 0 Å². The van der Waals surface area contributed by atoms with Gasteiger partial charge in [-0.25, -0.2) is 4.39 Å². The third-order valence-electron chi connectivity index (χ3n) is 1.55. The highest BCUT2D eigenvalue weighted by Crippen LogP contribution is 2.35. The van der Waals surface area contributed by atoms with Gasteiger partial charge in [0.2, 0.25) is 0 Å². The molecule has 0 radical (unpaired) electrons. The van der Waals surface area contributed by atoms with Crippen LogP contribution in [-0.4, -0.2) is 5.24 Å². The van der Waals surface area contributed by atoms with E-state index >= 15 is 0 Å². The van der Waals surface area contributed by atoms with Crippen molar-refractivity contribution < 1.29 is 22.4 Å². The summed E-state index contributed by atoms with van der Waals surface area (Å²) >= 11 is 7.67. The molecule has 1 nitrogen and oxygen atoms in total. The van der Waals surface area contributed by atoms with Gasteiger partial charge in [0.25, 0.3) is 5.24 Å². The van der Waals surface area contributed by atoms with Gasteiger partial charge in [-0.3, -0.25) is 4.79 Å². The number of hydrogen-bond acceptors (Lipinski definition) is 1. The van der Waals surface area contributed by atoms with Gasteiger partial charge in [0, 0.05) is 4.47 Å². The number of halogens is 6. The minimum absolute atomic E-state index is 0.0692. The van der Waals surface area contributed by atoms with E-state index in [-0.39, 0.29) is 4.47 Å². The van der Waals surface area contributed by atoms with Crippen LogP contribution in [0.4, 0.5) is 17.6 Å². The number of rotatable bonds is 1. The largest absolute Gasteiger partial charge is 0.419 e. The van der Waals surface area contributed by atoms with Gasteiger partial charge in [0.1, 0.15) is 5.82 Å². The van der Waals surface area contributed by atoms with Crippen molar-refractivity contribution in [3.8, 4) is 0 Å². The molecule has 0 unspecified atom stereocenters. The number of benzene rings is 1. The quantitative estimate of drug-likeness (QED) is 0.566. The summed E-state index contributed by atoms with van der Waals surface area (Å²) in [5.41, 5.74) is -2.33. The van der Waals surface area contributed by atoms with E-state index in [4.69, 9.17) is 11.6 Å². The van der Waals surface area contributed by atoms with Gasteiger partial charge in [0.05, 0.1) is 11.1 Å². The predicted molar refractivity (Wildman–Crippen MR) is 49.3 cm³/mol. The standard InChI is InChI=1S/C8H2BrClF4O/c9-3-1-4(7(10)15)6(11)5(2-3)8(12,13)14/h1-2H. The lowest BCUT2D eigenvalue weighted by Gasteiger charge is -2.10. The zero-order chi connectivity index (χ0) is 11.8. The first-order chi connectivity index (χ1) is 6.73. The number of carbonyl (C=O) groups is 1. The molecule has 15 heavy (non-hydrogen) atoms. The van der Waals surface area contributed by atoms with E-state index in [0.717, 1.165) is 6.07 Å². The zero-order valence-electron chi connectivity index (χ0n) is 6.83. The van der Waals surface area contributed by atoms with Crippen LogP contribution in [0.5, 0.6) is 0 Å². The molecule has 0 saturated heterocycles. The van der Waals surface area contributed by atoms with Crippen molar-refractivity contribution in [1.82, 2.24) is 0 Å². The van der Waals surface area contributed by atoms with Crippen LogP contribution >= 0.6 is 27.5 Å². The molecule has 1 rings (SSSR count). The number of carbonyl (C=O) groups excluding carboxylic acids is 1. The molecule has 0 bridgehead atoms. The fourth-order valence-corrected chi connectivity index (χ4v) is 1.53. The molecule has 0 saturated carbocycles. The SMILES string of the molecule is O=C(Cl)c1cc(Br)cc(C(F)(F)F)c1F. The first-order valence-electron chi connectivity index (χ1n) is 3.49. The van der Waals surface area contributed by atoms with Crippen LogP contribution in [0, 0.1) is 5.82 Å². The summed E-state index contributed by atoms with van der Waals surface area (Å²) in [5, 5.41) is -1.28. The second-order valence-electron chi connectivity index (χ2n) is 2.59. The summed E-state index contributed by atoms with van der Waals surface area (Å²) in [5.74, 6) is -1.66. The molecule has 0 aliphatic rings. The van der Waals surface area contributed by atoms with Crippen LogP contribution in [0.15, 0.2) is 16.6 Å². The van der Waals surface area contributed by atoms with E-state index < -0.39 is 28.4 Å². The van der Waals surface area contributed by atoms with Crippen LogP contribution in [-0.2, 0) is 6.18 Å². The van der Waals surface area contributed by atoms with Crippen molar-refractivity contribution in [3.05, 3.63) is 33.5 Å². The van der Waals surface area contributed by atoms with Gasteiger partial charge < -0.3 is 0 Å². The van der Waals surface area contributed by atoms with Gasteiger partial charge in [-0.2, -0.15) is 13.2 Å². The fourth-order valence-electron chi connectivity index (χ4n) is 0.939. The van der Waals surface area contributed by atoms with Gasteiger partial charge >= 0.3 is 6.18 Å². The van der Waals surface area contributed by atoms with E-state index in [9.17, 15) is 22.4 Å². The highest BCUT2D eigenvalue weighted by molar-refractivity contribution is 9.10. The second kappa shape index (κ2) is 4.09. The monoisotopic (exact) mass is 304 g/mol. The fraction of sp³-hybridized carbons (Fsp3) is 0.125. The van der Waals surface area contributed by atoms with E-state index in [1.807, 2.05) is 0 Å². The Balaban J connectivity index is 3.49. The van der Waals surface area contributed by atoms with Gasteiger partial charge in [0.15, 0.2) is 0 Å². The topological polar surface area (TPSA) is 17.1 Å². The Kier molecular flexibility index (Phi) is 3.40. The third kappa shape index (κ3) is 2.69. The van der Waals surface area contributed by atoms with Gasteiger partial charge in [-0.05, 0) is 23.7 Å². The smallest absolute Gasteiger partial charge is 0.275 e. The van der Waals surface area contributed by atoms with E-state index in [1.54, 1.807) is 0 Å². The molecule has 0 aliphatic heterocycles. The lowest BCUT2D eigenvalue weighted by atomic mass is 10.1. The molecule has 0 atom stereocenters.